The Morgan fingerprint density at radius 2 is 0.794 bits per heavy atom. The zero-order valence-electron chi connectivity index (χ0n) is 22.1. The van der Waals surface area contributed by atoms with Crippen LogP contribution in [0.5, 0.6) is 0 Å². The van der Waals surface area contributed by atoms with E-state index in [0.29, 0.717) is 24.3 Å². The van der Waals surface area contributed by atoms with E-state index < -0.39 is 11.9 Å². The van der Waals surface area contributed by atoms with Crippen LogP contribution in [0.15, 0.2) is 24.3 Å². The standard InChI is InChI=1S/C30H50O4/c1-3-5-7-9-11-12-13-14-15-16-18-22-26-34-30(32)28-24-20-19-23-27(28)29(31)33-25-21-17-10-8-6-4-2/h19-20,23-24H,3-18,21-22,25-26H2,1-2H3. The molecule has 0 bridgehead atoms. The van der Waals surface area contributed by atoms with Gasteiger partial charge in [0.05, 0.1) is 24.3 Å². The van der Waals surface area contributed by atoms with E-state index in [9.17, 15) is 9.59 Å². The van der Waals surface area contributed by atoms with Crippen LogP contribution in [0.3, 0.4) is 0 Å². The molecule has 0 aliphatic heterocycles. The van der Waals surface area contributed by atoms with E-state index >= 15 is 0 Å². The molecule has 1 rings (SSSR count). The Balaban J connectivity index is 2.15. The first-order valence-corrected chi connectivity index (χ1v) is 14.1. The van der Waals surface area contributed by atoms with Crippen LogP contribution in [0.2, 0.25) is 0 Å². The average molecular weight is 475 g/mol. The summed E-state index contributed by atoms with van der Waals surface area (Å²) in [7, 11) is 0. The van der Waals surface area contributed by atoms with Gasteiger partial charge in [0.2, 0.25) is 0 Å². The monoisotopic (exact) mass is 474 g/mol. The second kappa shape index (κ2) is 21.7. The number of benzene rings is 1. The van der Waals surface area contributed by atoms with Crippen molar-refractivity contribution in [3.05, 3.63) is 35.4 Å². The lowest BCUT2D eigenvalue weighted by molar-refractivity contribution is 0.0450. The van der Waals surface area contributed by atoms with Gasteiger partial charge in [0.25, 0.3) is 0 Å². The summed E-state index contributed by atoms with van der Waals surface area (Å²) in [6, 6.07) is 6.80. The predicted octanol–water partition coefficient (Wildman–Crippen LogP) is 9.06. The minimum Gasteiger partial charge on any atom is -0.462 e. The molecule has 0 aromatic heterocycles. The van der Waals surface area contributed by atoms with E-state index in [1.54, 1.807) is 24.3 Å². The van der Waals surface area contributed by atoms with E-state index in [4.69, 9.17) is 9.47 Å². The summed E-state index contributed by atoms with van der Waals surface area (Å²) >= 11 is 0. The Kier molecular flexibility index (Phi) is 19.2. The van der Waals surface area contributed by atoms with E-state index in [-0.39, 0.29) is 0 Å². The summed E-state index contributed by atoms with van der Waals surface area (Å²) in [6.45, 7) is 5.25. The summed E-state index contributed by atoms with van der Waals surface area (Å²) in [5.74, 6) is -0.873. The van der Waals surface area contributed by atoms with Gasteiger partial charge >= 0.3 is 11.9 Å². The summed E-state index contributed by atoms with van der Waals surface area (Å²) in [6.07, 6.45) is 22.1. The van der Waals surface area contributed by atoms with Gasteiger partial charge in [-0.15, -0.1) is 0 Å². The van der Waals surface area contributed by atoms with Crippen molar-refractivity contribution in [3.63, 3.8) is 0 Å². The van der Waals surface area contributed by atoms with Crippen molar-refractivity contribution < 1.29 is 19.1 Å². The van der Waals surface area contributed by atoms with Gasteiger partial charge in [-0.3, -0.25) is 0 Å². The van der Waals surface area contributed by atoms with Gasteiger partial charge in [0.15, 0.2) is 0 Å². The second-order valence-corrected chi connectivity index (χ2v) is 9.47. The van der Waals surface area contributed by atoms with Gasteiger partial charge in [-0.05, 0) is 25.0 Å². The number of carbonyl (C=O) groups is 2. The largest absolute Gasteiger partial charge is 0.462 e. The van der Waals surface area contributed by atoms with Crippen LogP contribution in [0.25, 0.3) is 0 Å². The van der Waals surface area contributed by atoms with Gasteiger partial charge in [-0.1, -0.05) is 129 Å². The first-order valence-electron chi connectivity index (χ1n) is 14.1. The van der Waals surface area contributed by atoms with E-state index in [0.717, 1.165) is 25.7 Å². The molecule has 4 nitrogen and oxygen atoms in total. The number of esters is 2. The molecule has 1 aromatic rings. The molecule has 0 spiro atoms. The highest BCUT2D eigenvalue weighted by Gasteiger charge is 2.18. The average Bonchev–Trinajstić information content (AvgIpc) is 2.86. The quantitative estimate of drug-likeness (QED) is 0.124. The van der Waals surface area contributed by atoms with Crippen molar-refractivity contribution >= 4 is 11.9 Å². The first-order chi connectivity index (χ1) is 16.7. The smallest absolute Gasteiger partial charge is 0.339 e. The molecule has 1 aromatic carbocycles. The van der Waals surface area contributed by atoms with Crippen LogP contribution in [0, 0.1) is 0 Å². The Morgan fingerprint density at radius 1 is 0.500 bits per heavy atom. The molecule has 0 fully saturated rings. The lowest BCUT2D eigenvalue weighted by Gasteiger charge is -2.10. The summed E-state index contributed by atoms with van der Waals surface area (Å²) in [5.41, 5.74) is 0.600. The van der Waals surface area contributed by atoms with Gasteiger partial charge in [0.1, 0.15) is 0 Å². The third-order valence-electron chi connectivity index (χ3n) is 6.33. The van der Waals surface area contributed by atoms with Crippen molar-refractivity contribution in [2.45, 2.75) is 129 Å². The minimum atomic E-state index is -0.438. The molecule has 194 valence electrons. The summed E-state index contributed by atoms with van der Waals surface area (Å²) in [5, 5.41) is 0. The second-order valence-electron chi connectivity index (χ2n) is 9.47. The molecule has 0 unspecified atom stereocenters. The SMILES string of the molecule is CCCCCCCCCCCCCCOC(=O)c1ccccc1C(=O)OCCCCCCCC. The lowest BCUT2D eigenvalue weighted by atomic mass is 10.1. The molecule has 0 N–H and O–H groups in total. The maximum atomic E-state index is 12.5. The van der Waals surface area contributed by atoms with Crippen molar-refractivity contribution in [1.29, 1.82) is 0 Å². The highest BCUT2D eigenvalue weighted by Crippen LogP contribution is 2.15. The number of hydrogen-bond donors (Lipinski definition) is 0. The van der Waals surface area contributed by atoms with E-state index in [1.165, 1.54) is 89.9 Å². The minimum absolute atomic E-state index is 0.299. The van der Waals surface area contributed by atoms with Crippen molar-refractivity contribution in [3.8, 4) is 0 Å². The molecular formula is C30H50O4. The Morgan fingerprint density at radius 3 is 1.12 bits per heavy atom. The summed E-state index contributed by atoms with van der Waals surface area (Å²) in [4.78, 5) is 25.0. The van der Waals surface area contributed by atoms with Crippen molar-refractivity contribution in [2.75, 3.05) is 13.2 Å². The van der Waals surface area contributed by atoms with E-state index in [2.05, 4.69) is 13.8 Å². The van der Waals surface area contributed by atoms with Crippen LogP contribution in [-0.2, 0) is 9.47 Å². The highest BCUT2D eigenvalue weighted by atomic mass is 16.5. The van der Waals surface area contributed by atoms with Crippen LogP contribution < -0.4 is 0 Å². The van der Waals surface area contributed by atoms with Crippen LogP contribution in [0.4, 0.5) is 0 Å². The third-order valence-corrected chi connectivity index (χ3v) is 6.33. The first kappa shape index (κ1) is 30.2. The molecule has 0 atom stereocenters. The van der Waals surface area contributed by atoms with Crippen LogP contribution in [0.1, 0.15) is 150 Å². The van der Waals surface area contributed by atoms with E-state index in [1.807, 2.05) is 0 Å². The summed E-state index contributed by atoms with van der Waals surface area (Å²) < 4.78 is 10.8. The van der Waals surface area contributed by atoms with Gasteiger partial charge in [-0.2, -0.15) is 0 Å². The van der Waals surface area contributed by atoms with Crippen LogP contribution in [-0.4, -0.2) is 25.2 Å². The topological polar surface area (TPSA) is 52.6 Å². The third kappa shape index (κ3) is 15.1. The molecule has 0 heterocycles. The molecule has 0 amide bonds. The molecule has 4 heteroatoms. The number of unbranched alkanes of at least 4 members (excludes halogenated alkanes) is 16. The van der Waals surface area contributed by atoms with Gasteiger partial charge in [-0.25, -0.2) is 9.59 Å². The number of hydrogen-bond acceptors (Lipinski definition) is 4. The molecule has 34 heavy (non-hydrogen) atoms. The maximum absolute atomic E-state index is 12.5. The number of ether oxygens (including phenoxy) is 2. The van der Waals surface area contributed by atoms with Crippen LogP contribution >= 0.6 is 0 Å². The fraction of sp³-hybridized carbons (Fsp3) is 0.733. The fourth-order valence-corrected chi connectivity index (χ4v) is 4.15. The molecule has 0 saturated carbocycles. The predicted molar refractivity (Wildman–Crippen MR) is 141 cm³/mol. The normalized spacial score (nSPS) is 10.9. The molecule has 0 aliphatic rings. The van der Waals surface area contributed by atoms with Crippen molar-refractivity contribution in [1.82, 2.24) is 0 Å². The molecule has 0 radical (unpaired) electrons. The lowest BCUT2D eigenvalue weighted by Crippen LogP contribution is -2.15. The van der Waals surface area contributed by atoms with Crippen molar-refractivity contribution in [2.24, 2.45) is 0 Å². The number of carbonyl (C=O) groups excluding carboxylic acids is 2. The molecule has 0 aliphatic carbocycles. The highest BCUT2D eigenvalue weighted by molar-refractivity contribution is 6.03. The Labute approximate surface area is 209 Å². The Bertz CT molecular complexity index is 640. The Hall–Kier alpha value is -1.84. The maximum Gasteiger partial charge on any atom is 0.339 e. The zero-order valence-corrected chi connectivity index (χ0v) is 22.1. The fourth-order valence-electron chi connectivity index (χ4n) is 4.15. The number of rotatable bonds is 22. The molecular weight excluding hydrogens is 424 g/mol. The van der Waals surface area contributed by atoms with Gasteiger partial charge in [0, 0.05) is 0 Å². The molecule has 0 saturated heterocycles. The van der Waals surface area contributed by atoms with Gasteiger partial charge < -0.3 is 9.47 Å². The zero-order chi connectivity index (χ0) is 24.7.